The predicted molar refractivity (Wildman–Crippen MR) is 75.9 cm³/mol. The topological polar surface area (TPSA) is 24.9 Å². The number of hydrogen-bond donors (Lipinski definition) is 1. The molecule has 1 aliphatic rings. The summed E-state index contributed by atoms with van der Waals surface area (Å²) in [6.45, 7) is 2.38. The van der Waals surface area contributed by atoms with Crippen molar-refractivity contribution < 1.29 is 0 Å². The van der Waals surface area contributed by atoms with Gasteiger partial charge in [0.15, 0.2) is 4.34 Å². The average Bonchev–Trinajstić information content (AvgIpc) is 2.80. The Bertz CT molecular complexity index is 456. The first-order valence-corrected chi connectivity index (χ1v) is 7.91. The molecular weight excluding hydrogens is 248 g/mol. The lowest BCUT2D eigenvalue weighted by Crippen LogP contribution is -2.30. The van der Waals surface area contributed by atoms with Crippen LogP contribution in [-0.2, 0) is 0 Å². The van der Waals surface area contributed by atoms with Crippen LogP contribution >= 0.6 is 23.1 Å². The van der Waals surface area contributed by atoms with Gasteiger partial charge in [-0.25, -0.2) is 4.98 Å². The molecule has 0 bridgehead atoms. The summed E-state index contributed by atoms with van der Waals surface area (Å²) in [5.41, 5.74) is 1.14. The van der Waals surface area contributed by atoms with Gasteiger partial charge < -0.3 is 5.32 Å². The quantitative estimate of drug-likeness (QED) is 0.860. The minimum absolute atomic E-state index is 0.820. The van der Waals surface area contributed by atoms with Gasteiger partial charge in [0, 0.05) is 5.75 Å². The van der Waals surface area contributed by atoms with Crippen molar-refractivity contribution in [2.24, 2.45) is 5.92 Å². The van der Waals surface area contributed by atoms with Crippen molar-refractivity contribution >= 4 is 33.3 Å². The molecule has 2 heterocycles. The zero-order chi connectivity index (χ0) is 11.5. The number of para-hydroxylation sites is 1. The monoisotopic (exact) mass is 264 g/mol. The van der Waals surface area contributed by atoms with Gasteiger partial charge in [-0.05, 0) is 44.0 Å². The largest absolute Gasteiger partial charge is 0.316 e. The van der Waals surface area contributed by atoms with Crippen molar-refractivity contribution in [3.05, 3.63) is 24.3 Å². The maximum atomic E-state index is 4.66. The van der Waals surface area contributed by atoms with Crippen molar-refractivity contribution in [1.29, 1.82) is 0 Å². The van der Waals surface area contributed by atoms with Crippen LogP contribution in [0.1, 0.15) is 12.8 Å². The highest BCUT2D eigenvalue weighted by atomic mass is 32.2. The Kier molecular flexibility index (Phi) is 3.64. The van der Waals surface area contributed by atoms with Gasteiger partial charge in [-0.3, -0.25) is 0 Å². The predicted octanol–water partition coefficient (Wildman–Crippen LogP) is 3.39. The lowest BCUT2D eigenvalue weighted by atomic mass is 10.0. The van der Waals surface area contributed by atoms with E-state index in [9.17, 15) is 0 Å². The SMILES string of the molecule is c1ccc2sc(SCC3CCCNC3)nc2c1. The summed E-state index contributed by atoms with van der Waals surface area (Å²) in [4.78, 5) is 4.66. The molecule has 0 amide bonds. The highest BCUT2D eigenvalue weighted by Gasteiger charge is 2.14. The molecular formula is C13H16N2S2. The molecule has 1 aliphatic heterocycles. The second-order valence-corrected chi connectivity index (χ2v) is 6.77. The summed E-state index contributed by atoms with van der Waals surface area (Å²) < 4.78 is 2.52. The number of hydrogen-bond acceptors (Lipinski definition) is 4. The van der Waals surface area contributed by atoms with Crippen LogP contribution in [0.15, 0.2) is 28.6 Å². The first kappa shape index (κ1) is 11.5. The van der Waals surface area contributed by atoms with E-state index >= 15 is 0 Å². The number of nitrogens with one attached hydrogen (secondary N) is 1. The summed E-state index contributed by atoms with van der Waals surface area (Å²) in [6.07, 6.45) is 2.69. The lowest BCUT2D eigenvalue weighted by Gasteiger charge is -2.21. The number of aromatic nitrogens is 1. The number of piperidine rings is 1. The Hall–Kier alpha value is -0.580. The van der Waals surface area contributed by atoms with Crippen LogP contribution in [0.2, 0.25) is 0 Å². The molecule has 3 rings (SSSR count). The smallest absolute Gasteiger partial charge is 0.151 e. The molecule has 0 radical (unpaired) electrons. The van der Waals surface area contributed by atoms with Crippen molar-refractivity contribution in [2.75, 3.05) is 18.8 Å². The molecule has 4 heteroatoms. The summed E-state index contributed by atoms with van der Waals surface area (Å²) in [7, 11) is 0. The third-order valence-electron chi connectivity index (χ3n) is 3.12. The molecule has 0 spiro atoms. The highest BCUT2D eigenvalue weighted by molar-refractivity contribution is 8.01. The Morgan fingerprint density at radius 1 is 1.41 bits per heavy atom. The highest BCUT2D eigenvalue weighted by Crippen LogP contribution is 2.31. The third-order valence-corrected chi connectivity index (χ3v) is 5.53. The lowest BCUT2D eigenvalue weighted by molar-refractivity contribution is 0.410. The van der Waals surface area contributed by atoms with E-state index in [-0.39, 0.29) is 0 Å². The van der Waals surface area contributed by atoms with Gasteiger partial charge in [0.2, 0.25) is 0 Å². The minimum Gasteiger partial charge on any atom is -0.316 e. The second kappa shape index (κ2) is 5.38. The van der Waals surface area contributed by atoms with Crippen LogP contribution in [0.25, 0.3) is 10.2 Å². The molecule has 2 aromatic rings. The van der Waals surface area contributed by atoms with Gasteiger partial charge in [-0.2, -0.15) is 0 Å². The molecule has 0 aliphatic carbocycles. The van der Waals surface area contributed by atoms with Crippen LogP contribution in [0, 0.1) is 5.92 Å². The van der Waals surface area contributed by atoms with E-state index in [1.807, 2.05) is 23.1 Å². The van der Waals surface area contributed by atoms with E-state index in [1.54, 1.807) is 0 Å². The summed E-state index contributed by atoms with van der Waals surface area (Å²) in [5, 5.41) is 3.47. The molecule has 0 saturated carbocycles. The summed E-state index contributed by atoms with van der Waals surface area (Å²) in [6, 6.07) is 8.39. The van der Waals surface area contributed by atoms with Crippen molar-refractivity contribution in [3.8, 4) is 0 Å². The van der Waals surface area contributed by atoms with Gasteiger partial charge in [0.1, 0.15) is 0 Å². The van der Waals surface area contributed by atoms with Crippen LogP contribution in [0.4, 0.5) is 0 Å². The molecule has 17 heavy (non-hydrogen) atoms. The van der Waals surface area contributed by atoms with Gasteiger partial charge in [-0.15, -0.1) is 11.3 Å². The molecule has 1 saturated heterocycles. The fraction of sp³-hybridized carbons (Fsp3) is 0.462. The maximum absolute atomic E-state index is 4.66. The molecule has 1 N–H and O–H groups in total. The number of fused-ring (bicyclic) bond motifs is 1. The molecule has 1 atom stereocenters. The normalized spacial score (nSPS) is 20.8. The molecule has 1 unspecified atom stereocenters. The van der Waals surface area contributed by atoms with Gasteiger partial charge in [0.25, 0.3) is 0 Å². The number of nitrogens with zero attached hydrogens (tertiary/aromatic N) is 1. The summed E-state index contributed by atoms with van der Waals surface area (Å²) in [5.74, 6) is 2.02. The van der Waals surface area contributed by atoms with E-state index in [1.165, 1.54) is 40.7 Å². The Balaban J connectivity index is 1.64. The molecule has 1 aromatic heterocycles. The fourth-order valence-electron chi connectivity index (χ4n) is 2.17. The standard InChI is InChI=1S/C13H16N2S2/c1-2-6-12-11(5-1)15-13(17-12)16-9-10-4-3-7-14-8-10/h1-2,5-6,10,14H,3-4,7-9H2. The van der Waals surface area contributed by atoms with E-state index in [4.69, 9.17) is 0 Å². The Labute approximate surface area is 110 Å². The zero-order valence-electron chi connectivity index (χ0n) is 9.69. The van der Waals surface area contributed by atoms with Gasteiger partial charge in [-0.1, -0.05) is 23.9 Å². The van der Waals surface area contributed by atoms with E-state index in [0.29, 0.717) is 0 Å². The Morgan fingerprint density at radius 2 is 2.35 bits per heavy atom. The number of thiazole rings is 1. The van der Waals surface area contributed by atoms with Crippen molar-refractivity contribution in [2.45, 2.75) is 17.2 Å². The van der Waals surface area contributed by atoms with E-state index < -0.39 is 0 Å². The zero-order valence-corrected chi connectivity index (χ0v) is 11.3. The van der Waals surface area contributed by atoms with Crippen LogP contribution in [0.5, 0.6) is 0 Å². The van der Waals surface area contributed by atoms with Crippen molar-refractivity contribution in [3.63, 3.8) is 0 Å². The van der Waals surface area contributed by atoms with Crippen LogP contribution in [-0.4, -0.2) is 23.8 Å². The minimum atomic E-state index is 0.820. The number of rotatable bonds is 3. The summed E-state index contributed by atoms with van der Waals surface area (Å²) >= 11 is 3.74. The van der Waals surface area contributed by atoms with E-state index in [0.717, 1.165) is 11.4 Å². The van der Waals surface area contributed by atoms with Gasteiger partial charge in [0.05, 0.1) is 10.2 Å². The molecule has 90 valence electrons. The number of thioether (sulfide) groups is 1. The third kappa shape index (κ3) is 2.81. The van der Waals surface area contributed by atoms with E-state index in [2.05, 4.69) is 34.6 Å². The first-order valence-electron chi connectivity index (χ1n) is 6.11. The molecule has 1 fully saturated rings. The maximum Gasteiger partial charge on any atom is 0.151 e. The first-order chi connectivity index (χ1) is 8.42. The van der Waals surface area contributed by atoms with Gasteiger partial charge >= 0.3 is 0 Å². The van der Waals surface area contributed by atoms with Crippen LogP contribution < -0.4 is 5.32 Å². The van der Waals surface area contributed by atoms with Crippen LogP contribution in [0.3, 0.4) is 0 Å². The van der Waals surface area contributed by atoms with Crippen molar-refractivity contribution in [1.82, 2.24) is 10.3 Å². The average molecular weight is 264 g/mol. The molecule has 1 aromatic carbocycles. The fourth-order valence-corrected chi connectivity index (χ4v) is 4.40. The molecule has 2 nitrogen and oxygen atoms in total. The second-order valence-electron chi connectivity index (χ2n) is 4.47. The Morgan fingerprint density at radius 3 is 3.18 bits per heavy atom. The number of benzene rings is 1.